The molecule has 4 aliphatic carbocycles. The van der Waals surface area contributed by atoms with Gasteiger partial charge in [0.05, 0.1) is 18.9 Å². The Kier molecular flexibility index (Phi) is 4.99. The summed E-state index contributed by atoms with van der Waals surface area (Å²) < 4.78 is 6.78. The van der Waals surface area contributed by atoms with E-state index in [1.54, 1.807) is 5.57 Å². The van der Waals surface area contributed by atoms with E-state index in [1.807, 2.05) is 0 Å². The minimum Gasteiger partial charge on any atom is -0.393 e. The minimum atomic E-state index is -0.0989. The van der Waals surface area contributed by atoms with Gasteiger partial charge in [-0.05, 0) is 104 Å². The summed E-state index contributed by atoms with van der Waals surface area (Å²) in [6.07, 6.45) is 14.2. The molecule has 0 spiro atoms. The van der Waals surface area contributed by atoms with Crippen molar-refractivity contribution in [3.05, 3.63) is 11.6 Å². The van der Waals surface area contributed by atoms with Gasteiger partial charge in [-0.3, -0.25) is 4.90 Å². The van der Waals surface area contributed by atoms with E-state index in [0.717, 1.165) is 61.1 Å². The standard InChI is InChI=1S/C28H45NO2/c1-17-5-8-24-18(2)26-25(31-16-29(24)15-17)14-23-21-7-6-19-13-20(30)9-11-27(19,3)22(21)10-12-28(23,26)4/h6,17-18,20-26,30H,5,7-16H2,1-4H3/t17-,18-,20-,21+,22-,23-,24+,25+,26-,27-,28-/m0/s1. The molecule has 6 rings (SSSR count). The van der Waals surface area contributed by atoms with Crippen LogP contribution in [0.15, 0.2) is 11.6 Å². The van der Waals surface area contributed by atoms with Crippen molar-refractivity contribution in [2.75, 3.05) is 13.3 Å². The van der Waals surface area contributed by atoms with Crippen LogP contribution in [0.25, 0.3) is 0 Å². The lowest BCUT2D eigenvalue weighted by Crippen LogP contribution is -2.53. The van der Waals surface area contributed by atoms with Crippen LogP contribution < -0.4 is 0 Å². The molecular weight excluding hydrogens is 382 g/mol. The molecule has 6 aliphatic rings. The van der Waals surface area contributed by atoms with Crippen LogP contribution in [0.1, 0.15) is 85.5 Å². The van der Waals surface area contributed by atoms with Gasteiger partial charge in [-0.25, -0.2) is 0 Å². The zero-order valence-corrected chi connectivity index (χ0v) is 20.4. The average molecular weight is 428 g/mol. The monoisotopic (exact) mass is 427 g/mol. The molecule has 0 amide bonds. The van der Waals surface area contributed by atoms with Crippen LogP contribution in [0.4, 0.5) is 0 Å². The number of fused-ring (bicyclic) bond motifs is 8. The first-order chi connectivity index (χ1) is 14.8. The molecule has 0 aromatic rings. The van der Waals surface area contributed by atoms with Crippen molar-refractivity contribution in [1.82, 2.24) is 4.90 Å². The Morgan fingerprint density at radius 1 is 1.06 bits per heavy atom. The maximum absolute atomic E-state index is 10.3. The highest BCUT2D eigenvalue weighted by Crippen LogP contribution is 2.68. The first-order valence-electron chi connectivity index (χ1n) is 13.5. The molecular formula is C28H45NO2. The largest absolute Gasteiger partial charge is 0.393 e. The van der Waals surface area contributed by atoms with Gasteiger partial charge in [0, 0.05) is 12.6 Å². The number of aliphatic hydroxyl groups is 1. The Morgan fingerprint density at radius 2 is 1.90 bits per heavy atom. The fraction of sp³-hybridized carbons (Fsp3) is 0.929. The second kappa shape index (κ2) is 7.31. The molecule has 3 saturated carbocycles. The van der Waals surface area contributed by atoms with Crippen molar-refractivity contribution < 1.29 is 9.84 Å². The Hall–Kier alpha value is -0.380. The average Bonchev–Trinajstić information content (AvgIpc) is 2.96. The van der Waals surface area contributed by atoms with Crippen LogP contribution >= 0.6 is 0 Å². The van der Waals surface area contributed by atoms with E-state index in [2.05, 4.69) is 38.7 Å². The van der Waals surface area contributed by atoms with Gasteiger partial charge in [0.2, 0.25) is 0 Å². The Balaban J connectivity index is 1.30. The van der Waals surface area contributed by atoms with Crippen LogP contribution in [0.2, 0.25) is 0 Å². The maximum atomic E-state index is 10.3. The molecule has 31 heavy (non-hydrogen) atoms. The summed E-state index contributed by atoms with van der Waals surface area (Å²) in [4.78, 5) is 2.70. The van der Waals surface area contributed by atoms with Gasteiger partial charge in [-0.15, -0.1) is 0 Å². The normalized spacial score (nSPS) is 56.9. The smallest absolute Gasteiger partial charge is 0.0996 e. The molecule has 0 aromatic heterocycles. The van der Waals surface area contributed by atoms with Gasteiger partial charge in [0.1, 0.15) is 0 Å². The van der Waals surface area contributed by atoms with Gasteiger partial charge >= 0.3 is 0 Å². The van der Waals surface area contributed by atoms with Gasteiger partial charge in [-0.1, -0.05) is 39.3 Å². The van der Waals surface area contributed by atoms with Crippen molar-refractivity contribution >= 4 is 0 Å². The maximum Gasteiger partial charge on any atom is 0.0996 e. The molecule has 1 N–H and O–H groups in total. The molecule has 3 heteroatoms. The lowest BCUT2D eigenvalue weighted by Gasteiger charge is -2.58. The third-order valence-corrected chi connectivity index (χ3v) is 11.8. The summed E-state index contributed by atoms with van der Waals surface area (Å²) in [5, 5.41) is 10.3. The number of aliphatic hydroxyl groups excluding tert-OH is 1. The van der Waals surface area contributed by atoms with Gasteiger partial charge in [-0.2, -0.15) is 0 Å². The second-order valence-electron chi connectivity index (χ2n) is 13.2. The van der Waals surface area contributed by atoms with Gasteiger partial charge in [0.25, 0.3) is 0 Å². The topological polar surface area (TPSA) is 32.7 Å². The first kappa shape index (κ1) is 21.2. The van der Waals surface area contributed by atoms with E-state index in [0.29, 0.717) is 16.9 Å². The SMILES string of the molecule is C[C@H]1CC[C@@H]2[C@H](C)[C@H]3[C@@H](C[C@H]4[C@@H]5CC=C6C[C@@H](O)CC[C@]6(C)[C@H]5CC[C@]34C)OCN2C1. The highest BCUT2D eigenvalue weighted by Gasteiger charge is 2.63. The van der Waals surface area contributed by atoms with E-state index in [1.165, 1.54) is 51.5 Å². The molecule has 0 radical (unpaired) electrons. The zero-order chi connectivity index (χ0) is 21.5. The number of piperidine rings is 1. The second-order valence-corrected chi connectivity index (χ2v) is 13.2. The molecule has 0 bridgehead atoms. The number of allylic oxidation sites excluding steroid dienone is 1. The van der Waals surface area contributed by atoms with E-state index in [9.17, 15) is 5.11 Å². The number of hydrogen-bond acceptors (Lipinski definition) is 3. The molecule has 2 aliphatic heterocycles. The molecule has 11 atom stereocenters. The van der Waals surface area contributed by atoms with Crippen LogP contribution in [0.3, 0.4) is 0 Å². The Labute approximate surface area is 190 Å². The fourth-order valence-corrected chi connectivity index (χ4v) is 10.2. The van der Waals surface area contributed by atoms with Gasteiger partial charge < -0.3 is 9.84 Å². The van der Waals surface area contributed by atoms with Crippen molar-refractivity contribution in [1.29, 1.82) is 0 Å². The minimum absolute atomic E-state index is 0.0989. The third-order valence-electron chi connectivity index (χ3n) is 11.8. The highest BCUT2D eigenvalue weighted by atomic mass is 16.5. The highest BCUT2D eigenvalue weighted by molar-refractivity contribution is 5.26. The Bertz CT molecular complexity index is 749. The summed E-state index contributed by atoms with van der Waals surface area (Å²) in [6.45, 7) is 12.3. The van der Waals surface area contributed by atoms with Crippen LogP contribution in [-0.2, 0) is 4.74 Å². The fourth-order valence-electron chi connectivity index (χ4n) is 10.2. The van der Waals surface area contributed by atoms with Crippen molar-refractivity contribution in [2.24, 2.45) is 46.3 Å². The zero-order valence-electron chi connectivity index (χ0n) is 20.4. The predicted octanol–water partition coefficient (Wildman–Crippen LogP) is 5.63. The van der Waals surface area contributed by atoms with Crippen molar-refractivity contribution in [2.45, 2.75) is 104 Å². The van der Waals surface area contributed by atoms with E-state index in [-0.39, 0.29) is 6.10 Å². The molecule has 3 nitrogen and oxygen atoms in total. The summed E-state index contributed by atoms with van der Waals surface area (Å²) >= 11 is 0. The van der Waals surface area contributed by atoms with E-state index < -0.39 is 0 Å². The van der Waals surface area contributed by atoms with Gasteiger partial charge in [0.15, 0.2) is 0 Å². The van der Waals surface area contributed by atoms with Crippen molar-refractivity contribution in [3.63, 3.8) is 0 Å². The lowest BCUT2D eigenvalue weighted by atomic mass is 9.47. The number of rotatable bonds is 0. The molecule has 2 heterocycles. The quantitative estimate of drug-likeness (QED) is 0.509. The molecule has 5 fully saturated rings. The lowest BCUT2D eigenvalue weighted by molar-refractivity contribution is -0.0644. The van der Waals surface area contributed by atoms with Crippen molar-refractivity contribution in [3.8, 4) is 0 Å². The molecule has 2 saturated heterocycles. The number of hydrogen-bond donors (Lipinski definition) is 1. The number of nitrogens with zero attached hydrogens (tertiary/aromatic N) is 1. The predicted molar refractivity (Wildman–Crippen MR) is 124 cm³/mol. The van der Waals surface area contributed by atoms with Crippen LogP contribution in [-0.4, -0.2) is 41.5 Å². The van der Waals surface area contributed by atoms with E-state index in [4.69, 9.17) is 4.74 Å². The Morgan fingerprint density at radius 3 is 2.74 bits per heavy atom. The number of ether oxygens (including phenoxy) is 1. The molecule has 174 valence electrons. The summed E-state index contributed by atoms with van der Waals surface area (Å²) in [5.41, 5.74) is 2.39. The van der Waals surface area contributed by atoms with E-state index >= 15 is 0 Å². The summed E-state index contributed by atoms with van der Waals surface area (Å²) in [5.74, 6) is 4.77. The summed E-state index contributed by atoms with van der Waals surface area (Å²) in [7, 11) is 0. The van der Waals surface area contributed by atoms with Crippen LogP contribution in [0, 0.1) is 46.3 Å². The first-order valence-corrected chi connectivity index (χ1v) is 13.5. The molecule has 0 aromatic carbocycles. The van der Waals surface area contributed by atoms with Crippen LogP contribution in [0.5, 0.6) is 0 Å². The molecule has 0 unspecified atom stereocenters. The summed E-state index contributed by atoms with van der Waals surface area (Å²) in [6, 6.07) is 0.731. The third kappa shape index (κ3) is 3.01.